The van der Waals surface area contributed by atoms with E-state index < -0.39 is 0 Å². The Kier molecular flexibility index (Phi) is 4.14. The van der Waals surface area contributed by atoms with Crippen molar-refractivity contribution >= 4 is 27.5 Å². The molecule has 0 aromatic heterocycles. The molecule has 0 unspecified atom stereocenters. The van der Waals surface area contributed by atoms with Gasteiger partial charge in [0.2, 0.25) is 5.91 Å². The average molecular weight is 284 g/mol. The maximum atomic E-state index is 11.1. The largest absolute Gasteiger partial charge is 0.326 e. The van der Waals surface area contributed by atoms with Crippen molar-refractivity contribution in [1.82, 2.24) is 0 Å². The number of rotatable bonds is 2. The van der Waals surface area contributed by atoms with Gasteiger partial charge in [0.15, 0.2) is 0 Å². The van der Waals surface area contributed by atoms with Gasteiger partial charge in [0.25, 0.3) is 0 Å². The van der Waals surface area contributed by atoms with Crippen LogP contribution < -0.4 is 5.32 Å². The van der Waals surface area contributed by atoms with Crippen molar-refractivity contribution < 1.29 is 4.79 Å². The Hall–Kier alpha value is -0.830. The second kappa shape index (κ2) is 5.00. The molecule has 0 fully saturated rings. The van der Waals surface area contributed by atoms with Crippen molar-refractivity contribution in [1.29, 1.82) is 0 Å². The standard InChI is InChI=1S/C13H18BrNO/c1-9(16)15-12-7-11(13(2,3)4)6-5-10(12)8-14/h5-7H,8H2,1-4H3,(H,15,16). The molecule has 0 aliphatic heterocycles. The van der Waals surface area contributed by atoms with Crippen LogP contribution in [0, 0.1) is 0 Å². The van der Waals surface area contributed by atoms with Crippen LogP contribution in [0.1, 0.15) is 38.8 Å². The maximum absolute atomic E-state index is 11.1. The van der Waals surface area contributed by atoms with E-state index in [0.29, 0.717) is 0 Å². The Labute approximate surface area is 106 Å². The zero-order valence-electron chi connectivity index (χ0n) is 10.2. The molecule has 0 radical (unpaired) electrons. The molecular formula is C13H18BrNO. The Morgan fingerprint density at radius 1 is 1.38 bits per heavy atom. The molecule has 0 saturated carbocycles. The summed E-state index contributed by atoms with van der Waals surface area (Å²) < 4.78 is 0. The predicted octanol–water partition coefficient (Wildman–Crippen LogP) is 3.84. The summed E-state index contributed by atoms with van der Waals surface area (Å²) in [6.45, 7) is 8.01. The van der Waals surface area contributed by atoms with E-state index in [9.17, 15) is 4.79 Å². The molecule has 0 spiro atoms. The zero-order chi connectivity index (χ0) is 12.3. The van der Waals surface area contributed by atoms with E-state index in [2.05, 4.69) is 60.2 Å². The lowest BCUT2D eigenvalue weighted by Gasteiger charge is -2.21. The molecule has 1 aromatic rings. The second-order valence-corrected chi connectivity index (χ2v) is 5.50. The lowest BCUT2D eigenvalue weighted by Crippen LogP contribution is -2.14. The van der Waals surface area contributed by atoms with Crippen LogP contribution in [0.4, 0.5) is 5.69 Å². The highest BCUT2D eigenvalue weighted by Crippen LogP contribution is 2.28. The molecule has 0 saturated heterocycles. The highest BCUT2D eigenvalue weighted by molar-refractivity contribution is 9.08. The first-order chi connectivity index (χ1) is 7.34. The van der Waals surface area contributed by atoms with Crippen LogP contribution in [0.5, 0.6) is 0 Å². The van der Waals surface area contributed by atoms with Gasteiger partial charge in [-0.15, -0.1) is 0 Å². The first-order valence-electron chi connectivity index (χ1n) is 5.31. The predicted molar refractivity (Wildman–Crippen MR) is 72.1 cm³/mol. The molecule has 1 rings (SSSR count). The van der Waals surface area contributed by atoms with E-state index in [4.69, 9.17) is 0 Å². The van der Waals surface area contributed by atoms with E-state index in [1.165, 1.54) is 12.5 Å². The van der Waals surface area contributed by atoms with Crippen LogP contribution in [0.2, 0.25) is 0 Å². The molecule has 1 amide bonds. The summed E-state index contributed by atoms with van der Waals surface area (Å²) >= 11 is 3.42. The van der Waals surface area contributed by atoms with Crippen molar-refractivity contribution in [3.05, 3.63) is 29.3 Å². The third-order valence-electron chi connectivity index (χ3n) is 2.43. The summed E-state index contributed by atoms with van der Waals surface area (Å²) in [6.07, 6.45) is 0. The molecule has 0 bridgehead atoms. The second-order valence-electron chi connectivity index (χ2n) is 4.94. The number of carbonyl (C=O) groups excluding carboxylic acids is 1. The number of carbonyl (C=O) groups is 1. The number of nitrogens with one attached hydrogen (secondary N) is 1. The lowest BCUT2D eigenvalue weighted by atomic mass is 9.86. The van der Waals surface area contributed by atoms with Gasteiger partial charge in [-0.25, -0.2) is 0 Å². The molecule has 0 aliphatic rings. The van der Waals surface area contributed by atoms with E-state index in [1.807, 2.05) is 0 Å². The van der Waals surface area contributed by atoms with Crippen LogP contribution in [-0.4, -0.2) is 5.91 Å². The number of benzene rings is 1. The molecule has 0 heterocycles. The number of halogens is 1. The lowest BCUT2D eigenvalue weighted by molar-refractivity contribution is -0.114. The highest BCUT2D eigenvalue weighted by Gasteiger charge is 2.15. The van der Waals surface area contributed by atoms with Crippen molar-refractivity contribution in [2.45, 2.75) is 38.4 Å². The number of hydrogen-bond acceptors (Lipinski definition) is 1. The summed E-state index contributed by atoms with van der Waals surface area (Å²) in [4.78, 5) is 11.1. The van der Waals surface area contributed by atoms with Gasteiger partial charge < -0.3 is 5.32 Å². The summed E-state index contributed by atoms with van der Waals surface area (Å²) in [5.41, 5.74) is 3.32. The Balaban J connectivity index is 3.16. The van der Waals surface area contributed by atoms with E-state index in [1.54, 1.807) is 0 Å². The SMILES string of the molecule is CC(=O)Nc1cc(C(C)(C)C)ccc1CBr. The summed E-state index contributed by atoms with van der Waals surface area (Å²) in [5.74, 6) is -0.0340. The van der Waals surface area contributed by atoms with Gasteiger partial charge in [-0.3, -0.25) is 4.79 Å². The fraction of sp³-hybridized carbons (Fsp3) is 0.462. The van der Waals surface area contributed by atoms with Crippen LogP contribution in [0.25, 0.3) is 0 Å². The first-order valence-corrected chi connectivity index (χ1v) is 6.43. The van der Waals surface area contributed by atoms with Crippen LogP contribution in [0.3, 0.4) is 0 Å². The van der Waals surface area contributed by atoms with Crippen LogP contribution >= 0.6 is 15.9 Å². The average Bonchev–Trinajstić information content (AvgIpc) is 2.15. The van der Waals surface area contributed by atoms with Gasteiger partial charge in [0.1, 0.15) is 0 Å². The fourth-order valence-electron chi connectivity index (χ4n) is 1.47. The quantitative estimate of drug-likeness (QED) is 0.821. The van der Waals surface area contributed by atoms with Gasteiger partial charge >= 0.3 is 0 Å². The van der Waals surface area contributed by atoms with Gasteiger partial charge in [-0.2, -0.15) is 0 Å². The number of alkyl halides is 1. The van der Waals surface area contributed by atoms with Gasteiger partial charge in [-0.1, -0.05) is 48.8 Å². The molecular weight excluding hydrogens is 266 g/mol. The van der Waals surface area contributed by atoms with Gasteiger partial charge in [0, 0.05) is 17.9 Å². The highest BCUT2D eigenvalue weighted by atomic mass is 79.9. The minimum absolute atomic E-state index is 0.0340. The van der Waals surface area contributed by atoms with Crippen molar-refractivity contribution in [3.63, 3.8) is 0 Å². The molecule has 2 nitrogen and oxygen atoms in total. The van der Waals surface area contributed by atoms with Crippen molar-refractivity contribution in [2.24, 2.45) is 0 Å². The van der Waals surface area contributed by atoms with E-state index >= 15 is 0 Å². The van der Waals surface area contributed by atoms with Gasteiger partial charge in [-0.05, 0) is 22.6 Å². The molecule has 3 heteroatoms. The number of hydrogen-bond donors (Lipinski definition) is 1. The normalized spacial score (nSPS) is 11.3. The fourth-order valence-corrected chi connectivity index (χ4v) is 1.95. The Bertz CT molecular complexity index is 393. The molecule has 88 valence electrons. The number of anilines is 1. The zero-order valence-corrected chi connectivity index (χ0v) is 11.8. The minimum Gasteiger partial charge on any atom is -0.326 e. The van der Waals surface area contributed by atoms with E-state index in [-0.39, 0.29) is 11.3 Å². The van der Waals surface area contributed by atoms with Crippen molar-refractivity contribution in [2.75, 3.05) is 5.32 Å². The Morgan fingerprint density at radius 3 is 2.44 bits per heavy atom. The monoisotopic (exact) mass is 283 g/mol. The third kappa shape index (κ3) is 3.34. The van der Waals surface area contributed by atoms with Gasteiger partial charge in [0.05, 0.1) is 0 Å². The number of amides is 1. The molecule has 16 heavy (non-hydrogen) atoms. The molecule has 0 aliphatic carbocycles. The summed E-state index contributed by atoms with van der Waals surface area (Å²) in [6, 6.07) is 6.22. The Morgan fingerprint density at radius 2 is 2.00 bits per heavy atom. The third-order valence-corrected chi connectivity index (χ3v) is 3.03. The first kappa shape index (κ1) is 13.2. The molecule has 1 N–H and O–H groups in total. The molecule has 0 atom stereocenters. The van der Waals surface area contributed by atoms with E-state index in [0.717, 1.165) is 16.6 Å². The molecule has 1 aromatic carbocycles. The van der Waals surface area contributed by atoms with Crippen LogP contribution in [-0.2, 0) is 15.5 Å². The summed E-state index contributed by atoms with van der Waals surface area (Å²) in [7, 11) is 0. The topological polar surface area (TPSA) is 29.1 Å². The van der Waals surface area contributed by atoms with Crippen molar-refractivity contribution in [3.8, 4) is 0 Å². The van der Waals surface area contributed by atoms with Crippen LogP contribution in [0.15, 0.2) is 18.2 Å². The smallest absolute Gasteiger partial charge is 0.221 e. The minimum atomic E-state index is -0.0340. The maximum Gasteiger partial charge on any atom is 0.221 e. The summed E-state index contributed by atoms with van der Waals surface area (Å²) in [5, 5.41) is 3.61.